The summed E-state index contributed by atoms with van der Waals surface area (Å²) in [6, 6.07) is 10.2. The number of carbonyl (C=O) groups excluding carboxylic acids is 1. The van der Waals surface area contributed by atoms with Gasteiger partial charge in [0.15, 0.2) is 0 Å². The molecule has 1 atom stereocenters. The van der Waals surface area contributed by atoms with Crippen molar-refractivity contribution in [3.8, 4) is 0 Å². The van der Waals surface area contributed by atoms with E-state index in [4.69, 9.17) is 9.47 Å². The second-order valence-corrected chi connectivity index (χ2v) is 9.02. The molecule has 2 aromatic heterocycles. The minimum Gasteiger partial charge on any atom is -0.378 e. The van der Waals surface area contributed by atoms with Crippen LogP contribution in [0, 0.1) is 13.8 Å². The minimum absolute atomic E-state index is 0.0777. The quantitative estimate of drug-likeness (QED) is 0.625. The van der Waals surface area contributed by atoms with Gasteiger partial charge in [0.05, 0.1) is 24.7 Å². The van der Waals surface area contributed by atoms with E-state index >= 15 is 0 Å². The van der Waals surface area contributed by atoms with Crippen LogP contribution in [-0.4, -0.2) is 66.8 Å². The fourth-order valence-electron chi connectivity index (χ4n) is 4.35. The van der Waals surface area contributed by atoms with E-state index in [-0.39, 0.29) is 12.0 Å². The molecule has 0 bridgehead atoms. The molecule has 5 rings (SSSR count). The van der Waals surface area contributed by atoms with Gasteiger partial charge in [0.2, 0.25) is 0 Å². The molecule has 31 heavy (non-hydrogen) atoms. The summed E-state index contributed by atoms with van der Waals surface area (Å²) in [7, 11) is 0. The van der Waals surface area contributed by atoms with E-state index in [0.29, 0.717) is 39.5 Å². The van der Waals surface area contributed by atoms with Gasteiger partial charge < -0.3 is 19.3 Å². The highest BCUT2D eigenvalue weighted by Gasteiger charge is 2.32. The summed E-state index contributed by atoms with van der Waals surface area (Å²) in [5.74, 6) is 1.76. The molecule has 1 unspecified atom stereocenters. The third kappa shape index (κ3) is 4.03. The number of benzene rings is 1. The zero-order valence-electron chi connectivity index (χ0n) is 17.8. The molecule has 0 spiro atoms. The number of anilines is 1. The number of rotatable bonds is 3. The molecule has 2 aliphatic heterocycles. The van der Waals surface area contributed by atoms with Gasteiger partial charge in [-0.3, -0.25) is 4.79 Å². The Hall–Kier alpha value is -2.55. The molecule has 3 aromatic rings. The van der Waals surface area contributed by atoms with E-state index < -0.39 is 0 Å². The van der Waals surface area contributed by atoms with Crippen LogP contribution in [0.15, 0.2) is 30.3 Å². The molecule has 1 amide bonds. The molecule has 4 heterocycles. The van der Waals surface area contributed by atoms with Crippen molar-refractivity contribution in [1.29, 1.82) is 0 Å². The lowest BCUT2D eigenvalue weighted by atomic mass is 10.0. The number of fused-ring (bicyclic) bond motifs is 1. The number of carbonyl (C=O) groups is 1. The average Bonchev–Trinajstić information content (AvgIpc) is 3.18. The van der Waals surface area contributed by atoms with Crippen LogP contribution in [0.2, 0.25) is 0 Å². The number of aromatic nitrogens is 2. The van der Waals surface area contributed by atoms with Gasteiger partial charge in [0, 0.05) is 48.2 Å². The Kier molecular flexibility index (Phi) is 5.60. The predicted octanol–water partition coefficient (Wildman–Crippen LogP) is 3.36. The highest BCUT2D eigenvalue weighted by molar-refractivity contribution is 7.21. The first-order valence-corrected chi connectivity index (χ1v) is 11.5. The standard InChI is InChI=1S/C23H26N4O3S/c1-15-13-20(25-16(2)24-15)27-9-12-30-18(14-27)21-17-5-3-4-6-19(17)31-22(21)23(28)26-7-10-29-11-8-26/h3-6,13,18H,7-12,14H2,1-2H3. The van der Waals surface area contributed by atoms with E-state index in [1.165, 1.54) is 0 Å². The van der Waals surface area contributed by atoms with Crippen LogP contribution >= 0.6 is 11.3 Å². The van der Waals surface area contributed by atoms with Crippen LogP contribution in [0.4, 0.5) is 5.82 Å². The third-order valence-electron chi connectivity index (χ3n) is 5.79. The largest absolute Gasteiger partial charge is 0.378 e. The topological polar surface area (TPSA) is 67.8 Å². The normalized spacial score (nSPS) is 19.7. The number of thiophene rings is 1. The van der Waals surface area contributed by atoms with Crippen molar-refractivity contribution >= 4 is 33.1 Å². The first-order valence-electron chi connectivity index (χ1n) is 10.7. The molecular formula is C23H26N4O3S. The third-order valence-corrected chi connectivity index (χ3v) is 6.97. The van der Waals surface area contributed by atoms with Crippen molar-refractivity contribution in [3.05, 3.63) is 52.3 Å². The molecular weight excluding hydrogens is 412 g/mol. The Morgan fingerprint density at radius 3 is 2.71 bits per heavy atom. The molecule has 0 saturated carbocycles. The zero-order chi connectivity index (χ0) is 21.4. The van der Waals surface area contributed by atoms with Crippen LogP contribution in [0.5, 0.6) is 0 Å². The van der Waals surface area contributed by atoms with Crippen LogP contribution < -0.4 is 4.90 Å². The summed E-state index contributed by atoms with van der Waals surface area (Å²) in [6.45, 7) is 8.34. The fraction of sp³-hybridized carbons (Fsp3) is 0.435. The van der Waals surface area contributed by atoms with E-state index in [1.807, 2.05) is 36.9 Å². The zero-order valence-corrected chi connectivity index (χ0v) is 18.7. The second-order valence-electron chi connectivity index (χ2n) is 7.97. The molecule has 2 aliphatic rings. The Bertz CT molecular complexity index is 1090. The first kappa shape index (κ1) is 20.4. The first-order chi connectivity index (χ1) is 15.1. The molecule has 0 aliphatic carbocycles. The summed E-state index contributed by atoms with van der Waals surface area (Å²) in [5.41, 5.74) is 1.96. The summed E-state index contributed by atoms with van der Waals surface area (Å²) in [5, 5.41) is 1.10. The second kappa shape index (κ2) is 8.53. The van der Waals surface area contributed by atoms with Gasteiger partial charge in [0.25, 0.3) is 5.91 Å². The van der Waals surface area contributed by atoms with E-state index in [9.17, 15) is 4.79 Å². The maximum Gasteiger partial charge on any atom is 0.264 e. The van der Waals surface area contributed by atoms with E-state index in [0.717, 1.165) is 44.4 Å². The summed E-state index contributed by atoms with van der Waals surface area (Å²) in [4.78, 5) is 27.4. The fourth-order valence-corrected chi connectivity index (χ4v) is 5.57. The van der Waals surface area contributed by atoms with Crippen molar-refractivity contribution in [2.75, 3.05) is 50.9 Å². The van der Waals surface area contributed by atoms with Gasteiger partial charge in [0.1, 0.15) is 17.7 Å². The van der Waals surface area contributed by atoms with E-state index in [2.05, 4.69) is 27.0 Å². The SMILES string of the molecule is Cc1cc(N2CCOC(c3c(C(=O)N4CCOCC4)sc4ccccc34)C2)nc(C)n1. The molecule has 0 radical (unpaired) electrons. The molecule has 1 aromatic carbocycles. The smallest absolute Gasteiger partial charge is 0.264 e. The van der Waals surface area contributed by atoms with Gasteiger partial charge in [-0.1, -0.05) is 18.2 Å². The molecule has 162 valence electrons. The maximum absolute atomic E-state index is 13.5. The van der Waals surface area contributed by atoms with Gasteiger partial charge in [-0.05, 0) is 25.3 Å². The monoisotopic (exact) mass is 438 g/mol. The molecule has 2 saturated heterocycles. The number of morpholine rings is 2. The number of nitrogens with zero attached hydrogens (tertiary/aromatic N) is 4. The van der Waals surface area contributed by atoms with Gasteiger partial charge in [-0.2, -0.15) is 0 Å². The number of hydrogen-bond acceptors (Lipinski definition) is 7. The van der Waals surface area contributed by atoms with Crippen LogP contribution in [0.1, 0.15) is 32.9 Å². The summed E-state index contributed by atoms with van der Waals surface area (Å²) >= 11 is 1.57. The number of amides is 1. The number of ether oxygens (including phenoxy) is 2. The van der Waals surface area contributed by atoms with Crippen LogP contribution in [0.3, 0.4) is 0 Å². The Balaban J connectivity index is 1.51. The lowest BCUT2D eigenvalue weighted by Gasteiger charge is -2.35. The Morgan fingerprint density at radius 2 is 1.90 bits per heavy atom. The van der Waals surface area contributed by atoms with Crippen molar-refractivity contribution in [2.45, 2.75) is 20.0 Å². The van der Waals surface area contributed by atoms with Gasteiger partial charge in [-0.15, -0.1) is 11.3 Å². The van der Waals surface area contributed by atoms with Crippen molar-refractivity contribution in [1.82, 2.24) is 14.9 Å². The number of aryl methyl sites for hydroxylation is 2. The summed E-state index contributed by atoms with van der Waals surface area (Å²) < 4.78 is 12.8. The lowest BCUT2D eigenvalue weighted by molar-refractivity contribution is 0.0281. The molecule has 0 N–H and O–H groups in total. The number of hydrogen-bond donors (Lipinski definition) is 0. The van der Waals surface area contributed by atoms with Crippen molar-refractivity contribution in [3.63, 3.8) is 0 Å². The van der Waals surface area contributed by atoms with Gasteiger partial charge >= 0.3 is 0 Å². The maximum atomic E-state index is 13.5. The molecule has 2 fully saturated rings. The van der Waals surface area contributed by atoms with E-state index in [1.54, 1.807) is 11.3 Å². The van der Waals surface area contributed by atoms with Gasteiger partial charge in [-0.25, -0.2) is 9.97 Å². The molecule has 8 heteroatoms. The Morgan fingerprint density at radius 1 is 1.10 bits per heavy atom. The van der Waals surface area contributed by atoms with Crippen molar-refractivity contribution < 1.29 is 14.3 Å². The van der Waals surface area contributed by atoms with Crippen LogP contribution in [-0.2, 0) is 9.47 Å². The molecule has 7 nitrogen and oxygen atoms in total. The average molecular weight is 439 g/mol. The predicted molar refractivity (Wildman–Crippen MR) is 121 cm³/mol. The van der Waals surface area contributed by atoms with Crippen molar-refractivity contribution in [2.24, 2.45) is 0 Å². The Labute approximate surface area is 185 Å². The highest BCUT2D eigenvalue weighted by Crippen LogP contribution is 2.39. The highest BCUT2D eigenvalue weighted by atomic mass is 32.1. The minimum atomic E-state index is -0.194. The lowest BCUT2D eigenvalue weighted by Crippen LogP contribution is -2.42. The van der Waals surface area contributed by atoms with Crippen LogP contribution in [0.25, 0.3) is 10.1 Å². The summed E-state index contributed by atoms with van der Waals surface area (Å²) in [6.07, 6.45) is -0.194.